The van der Waals surface area contributed by atoms with Crippen LogP contribution in [0.5, 0.6) is 0 Å². The highest BCUT2D eigenvalue weighted by molar-refractivity contribution is 7.89. The summed E-state index contributed by atoms with van der Waals surface area (Å²) < 4.78 is 53.2. The van der Waals surface area contributed by atoms with E-state index in [-0.39, 0.29) is 23.8 Å². The molecular weight excluding hydrogens is 444 g/mol. The molecule has 2 heterocycles. The summed E-state index contributed by atoms with van der Waals surface area (Å²) in [7, 11) is -3.62. The zero-order valence-electron chi connectivity index (χ0n) is 16.5. The normalized spacial score (nSPS) is 16.7. The number of thiazole rings is 1. The van der Waals surface area contributed by atoms with Crippen LogP contribution in [-0.4, -0.2) is 35.4 Å². The highest BCUT2D eigenvalue weighted by Gasteiger charge is 2.38. The number of aromatic nitrogens is 1. The molecule has 0 unspecified atom stereocenters. The third kappa shape index (κ3) is 4.36. The highest BCUT2D eigenvalue weighted by atomic mass is 32.2. The Morgan fingerprint density at radius 1 is 1.19 bits per heavy atom. The lowest BCUT2D eigenvalue weighted by Crippen LogP contribution is -2.51. The van der Waals surface area contributed by atoms with Gasteiger partial charge in [0.05, 0.1) is 11.4 Å². The van der Waals surface area contributed by atoms with E-state index in [9.17, 15) is 22.0 Å². The molecule has 0 fully saturated rings. The standard InChI is InChI=1S/C21H19F2N3O3S2/c1-2-31(28,29)26-11-15-6-4-3-5-13(15)10-19(26)20(27)25-21-24-18(12-30-21)14-7-8-16(22)17(23)9-14/h3-9,12,19H,2,10-11H2,1H3,(H,24,25,27)/t19-/m0/s1. The molecule has 0 spiro atoms. The first-order chi connectivity index (χ1) is 14.8. The van der Waals surface area contributed by atoms with Crippen LogP contribution in [0, 0.1) is 11.6 Å². The van der Waals surface area contributed by atoms with Gasteiger partial charge in [0.15, 0.2) is 16.8 Å². The van der Waals surface area contributed by atoms with Gasteiger partial charge in [0.2, 0.25) is 15.9 Å². The van der Waals surface area contributed by atoms with Crippen LogP contribution >= 0.6 is 11.3 Å². The second kappa shape index (κ2) is 8.45. The zero-order valence-corrected chi connectivity index (χ0v) is 18.1. The maximum Gasteiger partial charge on any atom is 0.244 e. The van der Waals surface area contributed by atoms with Gasteiger partial charge in [0.25, 0.3) is 0 Å². The van der Waals surface area contributed by atoms with Crippen molar-refractivity contribution in [3.05, 3.63) is 70.6 Å². The van der Waals surface area contributed by atoms with Crippen LogP contribution in [0.4, 0.5) is 13.9 Å². The third-order valence-corrected chi connectivity index (χ3v) is 7.77. The van der Waals surface area contributed by atoms with Gasteiger partial charge in [-0.1, -0.05) is 24.3 Å². The molecule has 1 aliphatic heterocycles. The number of carbonyl (C=O) groups is 1. The van der Waals surface area contributed by atoms with Crippen molar-refractivity contribution >= 4 is 32.4 Å². The molecule has 1 atom stereocenters. The quantitative estimate of drug-likeness (QED) is 0.624. The maximum absolute atomic E-state index is 13.5. The van der Waals surface area contributed by atoms with Gasteiger partial charge < -0.3 is 5.32 Å². The van der Waals surface area contributed by atoms with Crippen molar-refractivity contribution in [1.82, 2.24) is 9.29 Å². The summed E-state index contributed by atoms with van der Waals surface area (Å²) in [6.45, 7) is 1.67. The predicted molar refractivity (Wildman–Crippen MR) is 115 cm³/mol. The van der Waals surface area contributed by atoms with E-state index < -0.39 is 33.6 Å². The SMILES string of the molecule is CCS(=O)(=O)N1Cc2ccccc2C[C@H]1C(=O)Nc1nc(-c2ccc(F)c(F)c2)cs1. The number of rotatable bonds is 5. The van der Waals surface area contributed by atoms with Crippen LogP contribution in [0.15, 0.2) is 47.8 Å². The number of benzene rings is 2. The molecule has 2 aromatic carbocycles. The number of nitrogens with one attached hydrogen (secondary N) is 1. The Balaban J connectivity index is 1.58. The number of hydrogen-bond donors (Lipinski definition) is 1. The minimum absolute atomic E-state index is 0.115. The summed E-state index contributed by atoms with van der Waals surface area (Å²) in [5.41, 5.74) is 2.55. The van der Waals surface area contributed by atoms with E-state index in [0.717, 1.165) is 34.6 Å². The van der Waals surface area contributed by atoms with Crippen molar-refractivity contribution in [2.45, 2.75) is 25.9 Å². The van der Waals surface area contributed by atoms with Crippen LogP contribution in [0.3, 0.4) is 0 Å². The minimum atomic E-state index is -3.62. The topological polar surface area (TPSA) is 79.4 Å². The first-order valence-electron chi connectivity index (χ1n) is 9.56. The fraction of sp³-hybridized carbons (Fsp3) is 0.238. The fourth-order valence-electron chi connectivity index (χ4n) is 3.49. The van der Waals surface area contributed by atoms with E-state index in [4.69, 9.17) is 0 Å². The number of halogens is 2. The lowest BCUT2D eigenvalue weighted by atomic mass is 9.95. The number of nitrogens with zero attached hydrogens (tertiary/aromatic N) is 2. The number of amides is 1. The molecule has 3 aromatic rings. The number of fused-ring (bicyclic) bond motifs is 1. The van der Waals surface area contributed by atoms with Gasteiger partial charge in [-0.3, -0.25) is 4.79 Å². The molecule has 4 rings (SSSR count). The van der Waals surface area contributed by atoms with Gasteiger partial charge in [-0.05, 0) is 42.7 Å². The lowest BCUT2D eigenvalue weighted by molar-refractivity contribution is -0.120. The van der Waals surface area contributed by atoms with E-state index >= 15 is 0 Å². The number of sulfonamides is 1. The summed E-state index contributed by atoms with van der Waals surface area (Å²) in [5, 5.41) is 4.54. The lowest BCUT2D eigenvalue weighted by Gasteiger charge is -2.34. The fourth-order valence-corrected chi connectivity index (χ4v) is 5.44. The summed E-state index contributed by atoms with van der Waals surface area (Å²) in [4.78, 5) is 17.3. The molecule has 31 heavy (non-hydrogen) atoms. The minimum Gasteiger partial charge on any atom is -0.301 e. The predicted octanol–water partition coefficient (Wildman–Crippen LogP) is 3.80. The second-order valence-corrected chi connectivity index (χ2v) is 10.2. The van der Waals surface area contributed by atoms with Gasteiger partial charge in [-0.2, -0.15) is 4.31 Å². The molecule has 1 aliphatic rings. The second-order valence-electron chi connectivity index (χ2n) is 7.09. The molecule has 1 amide bonds. The van der Waals surface area contributed by atoms with Crippen LogP contribution in [0.1, 0.15) is 18.1 Å². The number of anilines is 1. The van der Waals surface area contributed by atoms with Crippen molar-refractivity contribution in [2.24, 2.45) is 0 Å². The average molecular weight is 464 g/mol. The molecular formula is C21H19F2N3O3S2. The van der Waals surface area contributed by atoms with E-state index in [2.05, 4.69) is 10.3 Å². The van der Waals surface area contributed by atoms with Crippen molar-refractivity contribution in [3.63, 3.8) is 0 Å². The van der Waals surface area contributed by atoms with E-state index in [0.29, 0.717) is 11.3 Å². The molecule has 1 aromatic heterocycles. The number of carbonyl (C=O) groups excluding carboxylic acids is 1. The smallest absolute Gasteiger partial charge is 0.244 e. The first kappa shape index (κ1) is 21.5. The Kier molecular flexibility index (Phi) is 5.87. The molecule has 0 aliphatic carbocycles. The van der Waals surface area contributed by atoms with Crippen molar-refractivity contribution in [1.29, 1.82) is 0 Å². The average Bonchev–Trinajstić information content (AvgIpc) is 3.23. The Hall–Kier alpha value is -2.69. The molecule has 162 valence electrons. The third-order valence-electron chi connectivity index (χ3n) is 5.18. The van der Waals surface area contributed by atoms with Crippen LogP contribution < -0.4 is 5.32 Å². The molecule has 0 saturated carbocycles. The van der Waals surface area contributed by atoms with Crippen LogP contribution in [0.25, 0.3) is 11.3 Å². The molecule has 6 nitrogen and oxygen atoms in total. The van der Waals surface area contributed by atoms with Crippen molar-refractivity contribution in [3.8, 4) is 11.3 Å². The van der Waals surface area contributed by atoms with Crippen molar-refractivity contribution < 1.29 is 22.0 Å². The Labute approximate surface area is 182 Å². The van der Waals surface area contributed by atoms with Crippen LogP contribution in [0.2, 0.25) is 0 Å². The van der Waals surface area contributed by atoms with Gasteiger partial charge in [-0.15, -0.1) is 11.3 Å². The van der Waals surface area contributed by atoms with Gasteiger partial charge in [0.1, 0.15) is 6.04 Å². The number of hydrogen-bond acceptors (Lipinski definition) is 5. The largest absolute Gasteiger partial charge is 0.301 e. The van der Waals surface area contributed by atoms with Gasteiger partial charge >= 0.3 is 0 Å². The van der Waals surface area contributed by atoms with Gasteiger partial charge in [-0.25, -0.2) is 22.2 Å². The van der Waals surface area contributed by atoms with Gasteiger partial charge in [0, 0.05) is 17.5 Å². The summed E-state index contributed by atoms with van der Waals surface area (Å²) in [6, 6.07) is 9.96. The van der Waals surface area contributed by atoms with E-state index in [1.54, 1.807) is 12.3 Å². The molecule has 0 bridgehead atoms. The summed E-state index contributed by atoms with van der Waals surface area (Å²) in [6.07, 6.45) is 0.253. The summed E-state index contributed by atoms with van der Waals surface area (Å²) >= 11 is 1.12. The monoisotopic (exact) mass is 463 g/mol. The first-order valence-corrected chi connectivity index (χ1v) is 12.1. The highest BCUT2D eigenvalue weighted by Crippen LogP contribution is 2.29. The molecule has 1 N–H and O–H groups in total. The Morgan fingerprint density at radius 2 is 1.94 bits per heavy atom. The summed E-state index contributed by atoms with van der Waals surface area (Å²) in [5.74, 6) is -2.55. The molecule has 10 heteroatoms. The Bertz CT molecular complexity index is 1240. The molecule has 0 radical (unpaired) electrons. The van der Waals surface area contributed by atoms with E-state index in [1.807, 2.05) is 24.3 Å². The zero-order chi connectivity index (χ0) is 22.2. The molecule has 0 saturated heterocycles. The van der Waals surface area contributed by atoms with Crippen molar-refractivity contribution in [2.75, 3.05) is 11.1 Å². The maximum atomic E-state index is 13.5. The van der Waals surface area contributed by atoms with Crippen LogP contribution in [-0.2, 0) is 27.8 Å². The Morgan fingerprint density at radius 3 is 2.65 bits per heavy atom. The van der Waals surface area contributed by atoms with E-state index in [1.165, 1.54) is 10.4 Å².